The van der Waals surface area contributed by atoms with E-state index in [-0.39, 0.29) is 19.5 Å². The molecule has 0 amide bonds. The molecule has 0 saturated carbocycles. The molecule has 2 aromatic carbocycles. The summed E-state index contributed by atoms with van der Waals surface area (Å²) in [7, 11) is 0. The summed E-state index contributed by atoms with van der Waals surface area (Å²) in [5, 5.41) is 0. The maximum Gasteiger partial charge on any atom is 2.00 e. The van der Waals surface area contributed by atoms with Gasteiger partial charge in [0, 0.05) is 0 Å². The molecular weight excluding hydrogens is 298 g/mol. The molecule has 0 saturated heterocycles. The van der Waals surface area contributed by atoms with Crippen molar-refractivity contribution in [1.82, 2.24) is 0 Å². The van der Waals surface area contributed by atoms with Gasteiger partial charge in [0.2, 0.25) is 0 Å². The van der Waals surface area contributed by atoms with Crippen molar-refractivity contribution in [2.45, 2.75) is 11.5 Å². The molecule has 0 aliphatic rings. The minimum absolute atomic E-state index is 0. The van der Waals surface area contributed by atoms with E-state index in [1.165, 1.54) is 11.1 Å². The third kappa shape index (κ3) is 7.64. The van der Waals surface area contributed by atoms with Gasteiger partial charge >= 0.3 is 19.5 Å². The molecule has 17 heavy (non-hydrogen) atoms. The van der Waals surface area contributed by atoms with Gasteiger partial charge in [-0.2, -0.15) is 11.5 Å². The molecule has 84 valence electrons. The van der Waals surface area contributed by atoms with Gasteiger partial charge in [-0.05, 0) is 0 Å². The topological polar surface area (TPSA) is 0 Å². The molecule has 0 aliphatic heterocycles. The third-order valence-electron chi connectivity index (χ3n) is 2.02. The van der Waals surface area contributed by atoms with Crippen LogP contribution in [0.2, 0.25) is 0 Å². The Kier molecular flexibility index (Phi) is 10.7. The molecule has 0 bridgehead atoms. The molecule has 0 aliphatic carbocycles. The number of hydrogen-bond donors (Lipinski definition) is 0. The van der Waals surface area contributed by atoms with Gasteiger partial charge in [0.15, 0.2) is 0 Å². The van der Waals surface area contributed by atoms with Crippen LogP contribution in [-0.2, 0) is 56.2 Å². The number of rotatable bonds is 2. The first-order chi connectivity index (χ1) is 7.86. The normalized spacial score (nSPS) is 8.59. The first kappa shape index (κ1) is 16.8. The summed E-state index contributed by atoms with van der Waals surface area (Å²) >= 11 is 9.64. The average Bonchev–Trinajstić information content (AvgIpc) is 2.41. The molecule has 2 rings (SSSR count). The zero-order valence-corrected chi connectivity index (χ0v) is 14.3. The van der Waals surface area contributed by atoms with Crippen LogP contribution in [0.3, 0.4) is 0 Å². The van der Waals surface area contributed by atoms with E-state index in [0.29, 0.717) is 0 Å². The van der Waals surface area contributed by atoms with Gasteiger partial charge in [-0.3, -0.25) is 0 Å². The van der Waals surface area contributed by atoms with Crippen molar-refractivity contribution in [3.8, 4) is 0 Å². The second kappa shape index (κ2) is 10.9. The Labute approximate surface area is 127 Å². The summed E-state index contributed by atoms with van der Waals surface area (Å²) in [6, 6.07) is 20.1. The van der Waals surface area contributed by atoms with Gasteiger partial charge in [-0.1, -0.05) is 71.8 Å². The Morgan fingerprint density at radius 1 is 0.588 bits per heavy atom. The monoisotopic (exact) mass is 310 g/mol. The standard InChI is InChI=1S/2C7H8S.Zn/c2*8-6-7-4-2-1-3-5-7;/h2*1-5,8H,6H2;/q;;+2/p-2. The van der Waals surface area contributed by atoms with E-state index >= 15 is 0 Å². The van der Waals surface area contributed by atoms with Gasteiger partial charge < -0.3 is 25.3 Å². The summed E-state index contributed by atoms with van der Waals surface area (Å²) in [4.78, 5) is 0. The fraction of sp³-hybridized carbons (Fsp3) is 0.143. The smallest absolute Gasteiger partial charge is 0.788 e. The average molecular weight is 312 g/mol. The quantitative estimate of drug-likeness (QED) is 0.615. The zero-order valence-electron chi connectivity index (χ0n) is 9.71. The van der Waals surface area contributed by atoms with Gasteiger partial charge in [-0.25, -0.2) is 0 Å². The van der Waals surface area contributed by atoms with E-state index in [4.69, 9.17) is 25.3 Å². The van der Waals surface area contributed by atoms with E-state index in [0.717, 1.165) is 11.5 Å². The Balaban J connectivity index is 0.000000284. The molecule has 0 N–H and O–H groups in total. The largest absolute Gasteiger partial charge is 2.00 e. The van der Waals surface area contributed by atoms with Crippen LogP contribution in [0, 0.1) is 0 Å². The van der Waals surface area contributed by atoms with Gasteiger partial charge in [-0.15, -0.1) is 0 Å². The van der Waals surface area contributed by atoms with E-state index in [9.17, 15) is 0 Å². The van der Waals surface area contributed by atoms with Crippen LogP contribution in [0.15, 0.2) is 60.7 Å². The maximum absolute atomic E-state index is 4.82. The van der Waals surface area contributed by atoms with Gasteiger partial charge in [0.25, 0.3) is 0 Å². The van der Waals surface area contributed by atoms with Crippen LogP contribution in [0.25, 0.3) is 0 Å². The van der Waals surface area contributed by atoms with Crippen LogP contribution in [-0.4, -0.2) is 0 Å². The summed E-state index contributed by atoms with van der Waals surface area (Å²) < 4.78 is 0. The summed E-state index contributed by atoms with van der Waals surface area (Å²) in [6.07, 6.45) is 0. The van der Waals surface area contributed by atoms with Crippen molar-refractivity contribution in [2.24, 2.45) is 0 Å². The Bertz CT molecular complexity index is 336. The van der Waals surface area contributed by atoms with Gasteiger partial charge in [0.1, 0.15) is 0 Å². The fourth-order valence-electron chi connectivity index (χ4n) is 1.15. The van der Waals surface area contributed by atoms with Crippen LogP contribution in [0.4, 0.5) is 0 Å². The Morgan fingerprint density at radius 2 is 0.882 bits per heavy atom. The minimum atomic E-state index is 0. The molecule has 0 fully saturated rings. The molecule has 0 heterocycles. The predicted octanol–water partition coefficient (Wildman–Crippen LogP) is 3.46. The Morgan fingerprint density at radius 3 is 1.06 bits per heavy atom. The molecule has 2 aromatic rings. The molecule has 0 aromatic heterocycles. The minimum Gasteiger partial charge on any atom is -0.788 e. The second-order valence-electron chi connectivity index (χ2n) is 3.26. The van der Waals surface area contributed by atoms with Crippen molar-refractivity contribution < 1.29 is 19.5 Å². The van der Waals surface area contributed by atoms with Crippen molar-refractivity contribution in [1.29, 1.82) is 0 Å². The molecule has 0 radical (unpaired) electrons. The summed E-state index contributed by atoms with van der Waals surface area (Å²) in [5.41, 5.74) is 2.45. The molecule has 0 unspecified atom stereocenters. The van der Waals surface area contributed by atoms with E-state index < -0.39 is 0 Å². The number of hydrogen-bond acceptors (Lipinski definition) is 2. The fourth-order valence-corrected chi connectivity index (χ4v) is 1.53. The van der Waals surface area contributed by atoms with Crippen LogP contribution >= 0.6 is 0 Å². The molecule has 0 nitrogen and oxygen atoms in total. The first-order valence-electron chi connectivity index (χ1n) is 5.11. The van der Waals surface area contributed by atoms with E-state index in [1.807, 2.05) is 60.7 Å². The summed E-state index contributed by atoms with van der Waals surface area (Å²) in [6.45, 7) is 0. The third-order valence-corrected chi connectivity index (χ3v) is 2.69. The van der Waals surface area contributed by atoms with E-state index in [2.05, 4.69) is 0 Å². The van der Waals surface area contributed by atoms with Crippen molar-refractivity contribution in [2.75, 3.05) is 0 Å². The molecule has 3 heteroatoms. The van der Waals surface area contributed by atoms with Crippen LogP contribution in [0.5, 0.6) is 0 Å². The zero-order chi connectivity index (χ0) is 11.6. The Hall–Kier alpha value is -0.237. The van der Waals surface area contributed by atoms with Crippen LogP contribution in [0.1, 0.15) is 11.1 Å². The maximum atomic E-state index is 4.82. The van der Waals surface area contributed by atoms with Crippen LogP contribution < -0.4 is 0 Å². The molecular formula is C14H14S2Zn. The number of benzene rings is 2. The molecule has 0 atom stereocenters. The SMILES string of the molecule is [S-]Cc1ccccc1.[S-]Cc1ccccc1.[Zn+2]. The van der Waals surface area contributed by atoms with E-state index in [1.54, 1.807) is 0 Å². The second-order valence-corrected chi connectivity index (χ2v) is 3.84. The van der Waals surface area contributed by atoms with Crippen molar-refractivity contribution in [3.63, 3.8) is 0 Å². The van der Waals surface area contributed by atoms with Gasteiger partial charge in [0.05, 0.1) is 0 Å². The summed E-state index contributed by atoms with van der Waals surface area (Å²) in [5.74, 6) is 1.45. The molecule has 0 spiro atoms. The first-order valence-corrected chi connectivity index (χ1v) is 6.26. The van der Waals surface area contributed by atoms with Crippen molar-refractivity contribution >= 4 is 25.3 Å². The predicted molar refractivity (Wildman–Crippen MR) is 75.0 cm³/mol. The van der Waals surface area contributed by atoms with Crippen molar-refractivity contribution in [3.05, 3.63) is 71.8 Å².